The van der Waals surface area contributed by atoms with Gasteiger partial charge in [-0.25, -0.2) is 4.68 Å². The Morgan fingerprint density at radius 1 is 1.15 bits per heavy atom. The van der Waals surface area contributed by atoms with Crippen LogP contribution in [-0.2, 0) is 12.8 Å². The molecule has 0 saturated heterocycles. The molecule has 0 aliphatic heterocycles. The molecule has 5 nitrogen and oxygen atoms in total. The number of nitrogens with zero attached hydrogens (tertiary/aromatic N) is 2. The fraction of sp³-hybridized carbons (Fsp3) is 0.474. The number of fused-ring (bicyclic) bond motifs is 1. The van der Waals surface area contributed by atoms with Crippen molar-refractivity contribution in [1.29, 1.82) is 0 Å². The van der Waals surface area contributed by atoms with E-state index >= 15 is 0 Å². The Morgan fingerprint density at radius 3 is 2.62 bits per heavy atom. The Labute approximate surface area is 165 Å². The number of benzene rings is 1. The Morgan fingerprint density at radius 2 is 1.88 bits per heavy atom. The summed E-state index contributed by atoms with van der Waals surface area (Å²) in [5, 5.41) is 11.5. The molecule has 0 unspecified atom stereocenters. The van der Waals surface area contributed by atoms with Crippen LogP contribution in [0.25, 0.3) is 5.69 Å². The van der Waals surface area contributed by atoms with Crippen LogP contribution in [0.5, 0.6) is 0 Å². The molecular weight excluding hydrogens is 371 g/mol. The number of rotatable bonds is 6. The summed E-state index contributed by atoms with van der Waals surface area (Å²) >= 11 is 6.01. The summed E-state index contributed by atoms with van der Waals surface area (Å²) in [5.41, 5.74) is 3.81. The molecule has 2 aromatic rings. The zero-order valence-electron chi connectivity index (χ0n) is 15.1. The summed E-state index contributed by atoms with van der Waals surface area (Å²) in [6.45, 7) is 1.54. The number of hydrogen-bond donors (Lipinski definition) is 2. The fourth-order valence-corrected chi connectivity index (χ4v) is 3.43. The van der Waals surface area contributed by atoms with Crippen LogP contribution >= 0.6 is 24.0 Å². The van der Waals surface area contributed by atoms with Gasteiger partial charge in [0.15, 0.2) is 5.69 Å². The van der Waals surface area contributed by atoms with Crippen molar-refractivity contribution in [3.8, 4) is 5.69 Å². The molecule has 142 valence electrons. The smallest absolute Gasteiger partial charge is 0.272 e. The zero-order chi connectivity index (χ0) is 17.6. The van der Waals surface area contributed by atoms with Crippen molar-refractivity contribution in [2.45, 2.75) is 38.5 Å². The summed E-state index contributed by atoms with van der Waals surface area (Å²) in [7, 11) is 1.91. The first-order valence-electron chi connectivity index (χ1n) is 9.00. The fourth-order valence-electron chi connectivity index (χ4n) is 3.30. The second-order valence-corrected chi connectivity index (χ2v) is 6.87. The van der Waals surface area contributed by atoms with E-state index < -0.39 is 0 Å². The second kappa shape index (κ2) is 9.95. The molecular formula is C19H26Cl2N4O. The lowest BCUT2D eigenvalue weighted by atomic mass is 10.1. The maximum atomic E-state index is 12.7. The van der Waals surface area contributed by atoms with Gasteiger partial charge in [-0.1, -0.05) is 18.0 Å². The van der Waals surface area contributed by atoms with Crippen molar-refractivity contribution in [2.75, 3.05) is 20.1 Å². The first-order valence-corrected chi connectivity index (χ1v) is 9.38. The predicted octanol–water partition coefficient (Wildman–Crippen LogP) is 3.56. The van der Waals surface area contributed by atoms with Gasteiger partial charge in [-0.3, -0.25) is 4.79 Å². The lowest BCUT2D eigenvalue weighted by Crippen LogP contribution is -2.27. The van der Waals surface area contributed by atoms with Crippen molar-refractivity contribution < 1.29 is 4.79 Å². The maximum Gasteiger partial charge on any atom is 0.272 e. The predicted molar refractivity (Wildman–Crippen MR) is 108 cm³/mol. The molecule has 1 aromatic heterocycles. The Bertz CT molecular complexity index is 728. The number of carbonyl (C=O) groups is 1. The van der Waals surface area contributed by atoms with Crippen LogP contribution in [0.3, 0.4) is 0 Å². The minimum Gasteiger partial charge on any atom is -0.351 e. The number of halogens is 2. The average Bonchev–Trinajstić information content (AvgIpc) is 2.81. The monoisotopic (exact) mass is 396 g/mol. The third kappa shape index (κ3) is 4.78. The summed E-state index contributed by atoms with van der Waals surface area (Å²) < 4.78 is 1.93. The van der Waals surface area contributed by atoms with Crippen molar-refractivity contribution in [3.05, 3.63) is 46.2 Å². The number of amides is 1. The van der Waals surface area contributed by atoms with Gasteiger partial charge in [0.05, 0.1) is 5.69 Å². The Balaban J connectivity index is 0.00000243. The summed E-state index contributed by atoms with van der Waals surface area (Å²) in [6, 6.07) is 7.63. The van der Waals surface area contributed by atoms with Gasteiger partial charge in [-0.05, 0) is 70.0 Å². The highest BCUT2D eigenvalue weighted by molar-refractivity contribution is 6.30. The summed E-state index contributed by atoms with van der Waals surface area (Å²) in [5.74, 6) is -0.0676. The van der Waals surface area contributed by atoms with E-state index in [2.05, 4.69) is 15.7 Å². The SMILES string of the molecule is CNCCCNC(=O)c1nn(-c2ccc(Cl)cc2)c2c1CCCCC2.Cl. The van der Waals surface area contributed by atoms with Crippen LogP contribution in [0.2, 0.25) is 5.02 Å². The molecule has 0 radical (unpaired) electrons. The van der Waals surface area contributed by atoms with Gasteiger partial charge in [-0.15, -0.1) is 12.4 Å². The highest BCUT2D eigenvalue weighted by Gasteiger charge is 2.24. The van der Waals surface area contributed by atoms with Gasteiger partial charge in [0, 0.05) is 22.8 Å². The van der Waals surface area contributed by atoms with Crippen molar-refractivity contribution in [3.63, 3.8) is 0 Å². The van der Waals surface area contributed by atoms with E-state index in [9.17, 15) is 4.79 Å². The highest BCUT2D eigenvalue weighted by atomic mass is 35.5. The van der Waals surface area contributed by atoms with E-state index in [4.69, 9.17) is 11.6 Å². The topological polar surface area (TPSA) is 58.9 Å². The molecule has 1 aromatic carbocycles. The molecule has 1 aliphatic carbocycles. The minimum absolute atomic E-state index is 0. The largest absolute Gasteiger partial charge is 0.351 e. The molecule has 0 atom stereocenters. The van der Waals surface area contributed by atoms with Crippen LogP contribution in [-0.4, -0.2) is 35.8 Å². The van der Waals surface area contributed by atoms with Gasteiger partial charge in [-0.2, -0.15) is 5.10 Å². The molecule has 2 N–H and O–H groups in total. The van der Waals surface area contributed by atoms with Crippen LogP contribution in [0.15, 0.2) is 24.3 Å². The first kappa shape index (κ1) is 20.7. The third-order valence-electron chi connectivity index (χ3n) is 4.61. The minimum atomic E-state index is -0.0676. The molecule has 0 bridgehead atoms. The molecule has 0 fully saturated rings. The van der Waals surface area contributed by atoms with E-state index in [0.29, 0.717) is 17.3 Å². The van der Waals surface area contributed by atoms with Gasteiger partial charge in [0.1, 0.15) is 0 Å². The Kier molecular flexibility index (Phi) is 7.94. The highest BCUT2D eigenvalue weighted by Crippen LogP contribution is 2.27. The van der Waals surface area contributed by atoms with Crippen LogP contribution < -0.4 is 10.6 Å². The van der Waals surface area contributed by atoms with Crippen molar-refractivity contribution in [1.82, 2.24) is 20.4 Å². The standard InChI is InChI=1S/C19H25ClN4O.ClH/c1-21-12-5-13-22-19(25)18-16-6-3-2-4-7-17(16)24(23-18)15-10-8-14(20)9-11-15;/h8-11,21H,2-7,12-13H2,1H3,(H,22,25);1H. The van der Waals surface area contributed by atoms with Gasteiger partial charge >= 0.3 is 0 Å². The summed E-state index contributed by atoms with van der Waals surface area (Å²) in [6.07, 6.45) is 6.22. The normalized spacial score (nSPS) is 13.5. The van der Waals surface area contributed by atoms with E-state index in [1.165, 1.54) is 12.1 Å². The second-order valence-electron chi connectivity index (χ2n) is 6.44. The van der Waals surface area contributed by atoms with E-state index in [0.717, 1.165) is 49.9 Å². The molecule has 3 rings (SSSR count). The van der Waals surface area contributed by atoms with Crippen LogP contribution in [0, 0.1) is 0 Å². The number of aromatic nitrogens is 2. The lowest BCUT2D eigenvalue weighted by molar-refractivity contribution is 0.0947. The molecule has 0 saturated carbocycles. The van der Waals surface area contributed by atoms with Gasteiger partial charge in [0.2, 0.25) is 0 Å². The summed E-state index contributed by atoms with van der Waals surface area (Å²) in [4.78, 5) is 12.7. The Hall–Kier alpha value is -1.56. The quantitative estimate of drug-likeness (QED) is 0.579. The molecule has 1 aliphatic rings. The van der Waals surface area contributed by atoms with E-state index in [-0.39, 0.29) is 18.3 Å². The number of hydrogen-bond acceptors (Lipinski definition) is 3. The lowest BCUT2D eigenvalue weighted by Gasteiger charge is -2.07. The van der Waals surface area contributed by atoms with Crippen LogP contribution in [0.4, 0.5) is 0 Å². The third-order valence-corrected chi connectivity index (χ3v) is 4.86. The number of nitrogens with one attached hydrogen (secondary N) is 2. The average molecular weight is 397 g/mol. The maximum absolute atomic E-state index is 12.7. The molecule has 1 amide bonds. The van der Waals surface area contributed by atoms with Crippen molar-refractivity contribution in [2.24, 2.45) is 0 Å². The number of carbonyl (C=O) groups excluding carboxylic acids is 1. The zero-order valence-corrected chi connectivity index (χ0v) is 16.6. The molecule has 26 heavy (non-hydrogen) atoms. The van der Waals surface area contributed by atoms with E-state index in [1.54, 1.807) is 0 Å². The van der Waals surface area contributed by atoms with E-state index in [1.807, 2.05) is 36.0 Å². The molecule has 0 spiro atoms. The first-order chi connectivity index (χ1) is 12.2. The van der Waals surface area contributed by atoms with Gasteiger partial charge in [0.25, 0.3) is 5.91 Å². The molecule has 7 heteroatoms. The molecule has 1 heterocycles. The van der Waals surface area contributed by atoms with Crippen LogP contribution in [0.1, 0.15) is 47.4 Å². The van der Waals surface area contributed by atoms with Crippen molar-refractivity contribution >= 4 is 29.9 Å². The van der Waals surface area contributed by atoms with Gasteiger partial charge < -0.3 is 10.6 Å².